The number of carboxylic acids is 1. The van der Waals surface area contributed by atoms with Gasteiger partial charge in [0.15, 0.2) is 0 Å². The number of carbonyl (C=O) groups is 2. The van der Waals surface area contributed by atoms with Crippen LogP contribution in [0.2, 0.25) is 0 Å². The number of hydrogen-bond acceptors (Lipinski definition) is 4. The van der Waals surface area contributed by atoms with E-state index in [2.05, 4.69) is 17.0 Å². The van der Waals surface area contributed by atoms with E-state index in [0.717, 1.165) is 0 Å². The Bertz CT molecular complexity index is 841. The number of carboxylic acid groups (broad SMARTS) is 1. The highest BCUT2D eigenvalue weighted by Gasteiger charge is 2.20. The molecule has 0 aliphatic carbocycles. The molecule has 1 atom stereocenters. The first-order chi connectivity index (χ1) is 11.4. The van der Waals surface area contributed by atoms with Crippen LogP contribution in [-0.4, -0.2) is 32.8 Å². The van der Waals surface area contributed by atoms with Crippen LogP contribution in [0.4, 0.5) is 0 Å². The second-order valence-corrected chi connectivity index (χ2v) is 5.42. The lowest BCUT2D eigenvalue weighted by Gasteiger charge is -2.14. The van der Waals surface area contributed by atoms with Crippen molar-refractivity contribution in [2.45, 2.75) is 25.3 Å². The third kappa shape index (κ3) is 3.87. The molecule has 1 aromatic carbocycles. The molecule has 24 heavy (non-hydrogen) atoms. The SMILES string of the molecule is C=CCCC(NC(=O)Cc1nn(C)c(=O)c2ccccc12)C(=O)O. The fourth-order valence-corrected chi connectivity index (χ4v) is 2.45. The van der Waals surface area contributed by atoms with E-state index in [1.807, 2.05) is 0 Å². The van der Waals surface area contributed by atoms with Crippen molar-refractivity contribution in [1.82, 2.24) is 15.1 Å². The van der Waals surface area contributed by atoms with Gasteiger partial charge in [0.05, 0.1) is 17.5 Å². The summed E-state index contributed by atoms with van der Waals surface area (Å²) < 4.78 is 1.18. The number of carbonyl (C=O) groups excluding carboxylic acids is 1. The maximum absolute atomic E-state index is 12.2. The van der Waals surface area contributed by atoms with Gasteiger partial charge < -0.3 is 10.4 Å². The smallest absolute Gasteiger partial charge is 0.326 e. The Hall–Kier alpha value is -2.96. The normalized spacial score (nSPS) is 11.9. The van der Waals surface area contributed by atoms with Crippen molar-refractivity contribution in [3.8, 4) is 0 Å². The largest absolute Gasteiger partial charge is 0.480 e. The van der Waals surface area contributed by atoms with Gasteiger partial charge in [0, 0.05) is 12.4 Å². The van der Waals surface area contributed by atoms with Crippen molar-refractivity contribution in [3.05, 3.63) is 53.0 Å². The van der Waals surface area contributed by atoms with Crippen LogP contribution in [0, 0.1) is 0 Å². The van der Waals surface area contributed by atoms with Gasteiger partial charge in [-0.3, -0.25) is 9.59 Å². The lowest BCUT2D eigenvalue weighted by atomic mass is 10.1. The van der Waals surface area contributed by atoms with E-state index in [-0.39, 0.29) is 18.4 Å². The van der Waals surface area contributed by atoms with E-state index in [9.17, 15) is 14.4 Å². The van der Waals surface area contributed by atoms with Gasteiger partial charge in [-0.1, -0.05) is 24.3 Å². The Labute approximate surface area is 138 Å². The van der Waals surface area contributed by atoms with Gasteiger partial charge in [-0.2, -0.15) is 5.10 Å². The molecular formula is C17H19N3O4. The van der Waals surface area contributed by atoms with Crippen LogP contribution in [0.5, 0.6) is 0 Å². The minimum Gasteiger partial charge on any atom is -0.480 e. The van der Waals surface area contributed by atoms with Crippen LogP contribution < -0.4 is 10.9 Å². The molecule has 1 heterocycles. The Balaban J connectivity index is 2.24. The standard InChI is InChI=1S/C17H19N3O4/c1-3-4-9-13(17(23)24)18-15(21)10-14-11-7-5-6-8-12(11)16(22)20(2)19-14/h3,5-8,13H,1,4,9-10H2,2H3,(H,18,21)(H,23,24). The molecule has 0 saturated heterocycles. The Morgan fingerprint density at radius 1 is 1.38 bits per heavy atom. The van der Waals surface area contributed by atoms with Crippen LogP contribution in [0.15, 0.2) is 41.7 Å². The summed E-state index contributed by atoms with van der Waals surface area (Å²) in [5, 5.41) is 16.8. The quantitative estimate of drug-likeness (QED) is 0.738. The molecule has 0 fully saturated rings. The molecule has 0 radical (unpaired) electrons. The topological polar surface area (TPSA) is 101 Å². The molecule has 7 heteroatoms. The summed E-state index contributed by atoms with van der Waals surface area (Å²) in [4.78, 5) is 35.5. The number of aromatic nitrogens is 2. The fourth-order valence-electron chi connectivity index (χ4n) is 2.45. The molecule has 0 aliphatic heterocycles. The van der Waals surface area contributed by atoms with Gasteiger partial charge in [-0.05, 0) is 18.9 Å². The third-order valence-electron chi connectivity index (χ3n) is 3.65. The number of benzene rings is 1. The molecule has 126 valence electrons. The summed E-state index contributed by atoms with van der Waals surface area (Å²) >= 11 is 0. The molecule has 0 aliphatic rings. The molecule has 1 amide bonds. The number of rotatable bonds is 7. The summed E-state index contributed by atoms with van der Waals surface area (Å²) in [6.45, 7) is 3.54. The first-order valence-electron chi connectivity index (χ1n) is 7.52. The first kappa shape index (κ1) is 17.4. The van der Waals surface area contributed by atoms with Crippen molar-refractivity contribution < 1.29 is 14.7 Å². The molecule has 2 N–H and O–H groups in total. The van der Waals surface area contributed by atoms with Crippen LogP contribution in [0.3, 0.4) is 0 Å². The Kier molecular flexibility index (Phi) is 5.47. The molecule has 0 spiro atoms. The van der Waals surface area contributed by atoms with E-state index in [4.69, 9.17) is 5.11 Å². The number of fused-ring (bicyclic) bond motifs is 1. The maximum atomic E-state index is 12.2. The van der Waals surface area contributed by atoms with E-state index in [0.29, 0.717) is 22.9 Å². The molecule has 0 saturated carbocycles. The number of aryl methyl sites for hydroxylation is 1. The molecule has 1 aromatic heterocycles. The van der Waals surface area contributed by atoms with Gasteiger partial charge in [0.25, 0.3) is 5.56 Å². The van der Waals surface area contributed by atoms with Crippen LogP contribution >= 0.6 is 0 Å². The maximum Gasteiger partial charge on any atom is 0.326 e. The van der Waals surface area contributed by atoms with E-state index >= 15 is 0 Å². The van der Waals surface area contributed by atoms with E-state index in [1.165, 1.54) is 11.7 Å². The number of amides is 1. The lowest BCUT2D eigenvalue weighted by molar-refractivity contribution is -0.141. The van der Waals surface area contributed by atoms with Gasteiger partial charge >= 0.3 is 5.97 Å². The van der Waals surface area contributed by atoms with Crippen molar-refractivity contribution in [1.29, 1.82) is 0 Å². The number of aliphatic carboxylic acids is 1. The van der Waals surface area contributed by atoms with E-state index in [1.54, 1.807) is 30.3 Å². The Morgan fingerprint density at radius 2 is 2.04 bits per heavy atom. The van der Waals surface area contributed by atoms with Gasteiger partial charge in [-0.25, -0.2) is 9.48 Å². The van der Waals surface area contributed by atoms with Crippen LogP contribution in [0.25, 0.3) is 10.8 Å². The van der Waals surface area contributed by atoms with Crippen molar-refractivity contribution in [2.75, 3.05) is 0 Å². The minimum atomic E-state index is -1.09. The van der Waals surface area contributed by atoms with Gasteiger partial charge in [0.2, 0.25) is 5.91 Å². The zero-order chi connectivity index (χ0) is 17.7. The molecule has 1 unspecified atom stereocenters. The summed E-state index contributed by atoms with van der Waals surface area (Å²) in [5.41, 5.74) is 0.183. The first-order valence-corrected chi connectivity index (χ1v) is 7.52. The van der Waals surface area contributed by atoms with Gasteiger partial charge in [0.1, 0.15) is 6.04 Å². The number of hydrogen-bond donors (Lipinski definition) is 2. The lowest BCUT2D eigenvalue weighted by Crippen LogP contribution is -2.41. The second-order valence-electron chi connectivity index (χ2n) is 5.42. The van der Waals surface area contributed by atoms with Crippen molar-refractivity contribution in [2.24, 2.45) is 7.05 Å². The monoisotopic (exact) mass is 329 g/mol. The summed E-state index contributed by atoms with van der Waals surface area (Å²) in [7, 11) is 1.51. The van der Waals surface area contributed by atoms with Crippen molar-refractivity contribution in [3.63, 3.8) is 0 Å². The second kappa shape index (κ2) is 7.54. The highest BCUT2D eigenvalue weighted by molar-refractivity contribution is 5.90. The molecule has 2 rings (SSSR count). The predicted octanol–water partition coefficient (Wildman–Crippen LogP) is 1.01. The predicted molar refractivity (Wildman–Crippen MR) is 89.7 cm³/mol. The van der Waals surface area contributed by atoms with E-state index < -0.39 is 17.9 Å². The van der Waals surface area contributed by atoms with Crippen LogP contribution in [-0.2, 0) is 23.1 Å². The average molecular weight is 329 g/mol. The molecule has 0 bridgehead atoms. The highest BCUT2D eigenvalue weighted by Crippen LogP contribution is 2.13. The van der Waals surface area contributed by atoms with Gasteiger partial charge in [-0.15, -0.1) is 6.58 Å². The number of nitrogens with zero attached hydrogens (tertiary/aromatic N) is 2. The zero-order valence-corrected chi connectivity index (χ0v) is 13.4. The summed E-state index contributed by atoms with van der Waals surface area (Å²) in [6.07, 6.45) is 2.25. The molecule has 2 aromatic rings. The minimum absolute atomic E-state index is 0.105. The summed E-state index contributed by atoms with van der Waals surface area (Å²) in [5.74, 6) is -1.55. The molecular weight excluding hydrogens is 310 g/mol. The summed E-state index contributed by atoms with van der Waals surface area (Å²) in [6, 6.07) is 5.91. The average Bonchev–Trinajstić information content (AvgIpc) is 2.56. The highest BCUT2D eigenvalue weighted by atomic mass is 16.4. The zero-order valence-electron chi connectivity index (χ0n) is 13.4. The Morgan fingerprint density at radius 3 is 2.67 bits per heavy atom. The fraction of sp³-hybridized carbons (Fsp3) is 0.294. The van der Waals surface area contributed by atoms with Crippen molar-refractivity contribution >= 4 is 22.6 Å². The number of nitrogens with one attached hydrogen (secondary N) is 1. The number of allylic oxidation sites excluding steroid dienone is 1. The molecule has 7 nitrogen and oxygen atoms in total. The third-order valence-corrected chi connectivity index (χ3v) is 3.65. The van der Waals surface area contributed by atoms with Crippen LogP contribution in [0.1, 0.15) is 18.5 Å².